The molecule has 3 aromatic rings. The number of aliphatic hydroxyl groups is 4. The summed E-state index contributed by atoms with van der Waals surface area (Å²) in [5.41, 5.74) is -2.07. The minimum Gasteiger partial charge on any atom is -0.356 e. The summed E-state index contributed by atoms with van der Waals surface area (Å²) in [5, 5.41) is 44.3. The van der Waals surface area contributed by atoms with Crippen LogP contribution < -0.4 is 0 Å². The van der Waals surface area contributed by atoms with Crippen molar-refractivity contribution < 1.29 is 39.5 Å². The highest BCUT2D eigenvalue weighted by Gasteiger charge is 2.61. The van der Waals surface area contributed by atoms with Crippen LogP contribution in [0.1, 0.15) is 47.8 Å². The van der Waals surface area contributed by atoms with Gasteiger partial charge in [0.1, 0.15) is 0 Å². The van der Waals surface area contributed by atoms with Gasteiger partial charge in [0.25, 0.3) is 17.4 Å². The fraction of sp³-hybridized carbons (Fsp3) is 0.125. The Hall–Kier alpha value is -3.53. The molecule has 4 N–H and O–H groups in total. The molecule has 0 saturated heterocycles. The number of carbonyl (C=O) groups is 3. The third-order valence-corrected chi connectivity index (χ3v) is 5.85. The smallest absolute Gasteiger partial charge is 0.262 e. The van der Waals surface area contributed by atoms with Gasteiger partial charge < -0.3 is 20.4 Å². The quantitative estimate of drug-likeness (QED) is 0.387. The zero-order valence-electron chi connectivity index (χ0n) is 16.4. The standard InChI is InChI=1S/C24H16O8/c25-19-13-7-1-2-8-14(13)20(26)23(30)17-11-5-6-12-18(17)24(31,32-23)21(27)15-9-3-4-10-16(15)22(19,28)29/h1-12,28-31H. The van der Waals surface area contributed by atoms with E-state index in [0.29, 0.717) is 0 Å². The number of hydrogen-bond donors (Lipinski definition) is 4. The van der Waals surface area contributed by atoms with Crippen LogP contribution in [0.25, 0.3) is 0 Å². The topological polar surface area (TPSA) is 141 Å². The van der Waals surface area contributed by atoms with Gasteiger partial charge in [-0.25, -0.2) is 0 Å². The Balaban J connectivity index is 1.92. The van der Waals surface area contributed by atoms with Crippen molar-refractivity contribution in [1.82, 2.24) is 0 Å². The van der Waals surface area contributed by atoms with Gasteiger partial charge in [-0.15, -0.1) is 0 Å². The Labute approximate surface area is 180 Å². The van der Waals surface area contributed by atoms with Crippen LogP contribution in [-0.4, -0.2) is 37.8 Å². The number of benzene rings is 3. The first kappa shape index (κ1) is 20.4. The molecule has 0 spiro atoms. The number of fused-ring (bicyclic) bond motifs is 7. The zero-order valence-corrected chi connectivity index (χ0v) is 16.4. The van der Waals surface area contributed by atoms with Crippen LogP contribution in [0, 0.1) is 0 Å². The first-order chi connectivity index (χ1) is 15.1. The van der Waals surface area contributed by atoms with Crippen molar-refractivity contribution in [2.45, 2.75) is 17.4 Å². The van der Waals surface area contributed by atoms with Crippen molar-refractivity contribution in [2.24, 2.45) is 0 Å². The van der Waals surface area contributed by atoms with Gasteiger partial charge in [-0.05, 0) is 0 Å². The lowest BCUT2D eigenvalue weighted by molar-refractivity contribution is -0.276. The fourth-order valence-corrected chi connectivity index (χ4v) is 4.27. The lowest BCUT2D eigenvalue weighted by Gasteiger charge is -2.27. The SMILES string of the molecule is O=C1c2ccccc2C(=O)C2(O)OC(O)(C(=O)c3ccccc3C1(O)O)c1ccccc12. The van der Waals surface area contributed by atoms with Crippen molar-refractivity contribution in [1.29, 1.82) is 0 Å². The van der Waals surface area contributed by atoms with Gasteiger partial charge in [0.2, 0.25) is 17.3 Å². The average molecular weight is 432 g/mol. The third-order valence-electron chi connectivity index (χ3n) is 5.85. The molecule has 0 saturated carbocycles. The minimum absolute atomic E-state index is 0.166. The van der Waals surface area contributed by atoms with E-state index in [4.69, 9.17) is 4.74 Å². The van der Waals surface area contributed by atoms with Crippen LogP contribution in [0.5, 0.6) is 0 Å². The number of hydrogen-bond acceptors (Lipinski definition) is 8. The molecule has 0 fully saturated rings. The zero-order chi connectivity index (χ0) is 22.9. The molecule has 2 aliphatic rings. The molecule has 160 valence electrons. The molecule has 2 bridgehead atoms. The van der Waals surface area contributed by atoms with E-state index >= 15 is 0 Å². The largest absolute Gasteiger partial charge is 0.356 e. The predicted octanol–water partition coefficient (Wildman–Crippen LogP) is 1.11. The highest BCUT2D eigenvalue weighted by Crippen LogP contribution is 2.49. The van der Waals surface area contributed by atoms with E-state index in [9.17, 15) is 34.8 Å². The number of carbonyl (C=O) groups excluding carboxylic acids is 3. The molecule has 32 heavy (non-hydrogen) atoms. The van der Waals surface area contributed by atoms with Crippen molar-refractivity contribution in [3.05, 3.63) is 106 Å². The van der Waals surface area contributed by atoms with Gasteiger partial charge in [-0.2, -0.15) is 0 Å². The summed E-state index contributed by atoms with van der Waals surface area (Å²) in [5.74, 6) is -12.5. The summed E-state index contributed by atoms with van der Waals surface area (Å²) >= 11 is 0. The van der Waals surface area contributed by atoms with Gasteiger partial charge in [-0.1, -0.05) is 72.8 Å². The Morgan fingerprint density at radius 3 is 1.41 bits per heavy atom. The Bertz CT molecular complexity index is 1330. The summed E-state index contributed by atoms with van der Waals surface area (Å²) in [6.45, 7) is 0. The van der Waals surface area contributed by atoms with Crippen LogP contribution in [0.4, 0.5) is 0 Å². The molecule has 8 nitrogen and oxygen atoms in total. The number of ketones is 3. The highest BCUT2D eigenvalue weighted by molar-refractivity contribution is 6.16. The second-order valence-corrected chi connectivity index (χ2v) is 7.69. The van der Waals surface area contributed by atoms with Gasteiger partial charge in [0, 0.05) is 33.4 Å². The maximum absolute atomic E-state index is 13.5. The first-order valence-electron chi connectivity index (χ1n) is 9.65. The van der Waals surface area contributed by atoms with Crippen LogP contribution in [0.3, 0.4) is 0 Å². The molecule has 2 atom stereocenters. The lowest BCUT2D eigenvalue weighted by atomic mass is 9.83. The highest BCUT2D eigenvalue weighted by atomic mass is 16.7. The summed E-state index contributed by atoms with van der Waals surface area (Å²) < 4.78 is 5.42. The summed E-state index contributed by atoms with van der Waals surface area (Å²) in [6, 6.07) is 15.9. The van der Waals surface area contributed by atoms with E-state index in [2.05, 4.69) is 0 Å². The maximum Gasteiger partial charge on any atom is 0.262 e. The van der Waals surface area contributed by atoms with E-state index < -0.39 is 51.4 Å². The van der Waals surface area contributed by atoms with E-state index in [-0.39, 0.29) is 16.7 Å². The molecule has 5 rings (SSSR count). The molecular weight excluding hydrogens is 416 g/mol. The van der Waals surface area contributed by atoms with Crippen molar-refractivity contribution in [2.75, 3.05) is 0 Å². The summed E-state index contributed by atoms with van der Waals surface area (Å²) in [6.07, 6.45) is 0. The van der Waals surface area contributed by atoms with E-state index in [1.807, 2.05) is 0 Å². The van der Waals surface area contributed by atoms with Crippen molar-refractivity contribution in [3.63, 3.8) is 0 Å². The number of ether oxygens (including phenoxy) is 1. The molecule has 2 heterocycles. The van der Waals surface area contributed by atoms with Gasteiger partial charge in [0.15, 0.2) is 0 Å². The first-order valence-corrected chi connectivity index (χ1v) is 9.65. The van der Waals surface area contributed by atoms with Crippen molar-refractivity contribution >= 4 is 17.3 Å². The molecular formula is C24H16O8. The molecule has 0 aromatic heterocycles. The van der Waals surface area contributed by atoms with Crippen molar-refractivity contribution in [3.8, 4) is 0 Å². The predicted molar refractivity (Wildman–Crippen MR) is 107 cm³/mol. The minimum atomic E-state index is -3.22. The second kappa shape index (κ2) is 6.49. The monoisotopic (exact) mass is 432 g/mol. The normalized spacial score (nSPS) is 26.1. The Morgan fingerprint density at radius 1 is 0.500 bits per heavy atom. The van der Waals surface area contributed by atoms with E-state index in [0.717, 1.165) is 6.07 Å². The molecule has 0 amide bonds. The lowest BCUT2D eigenvalue weighted by Crippen LogP contribution is -2.43. The average Bonchev–Trinajstić information content (AvgIpc) is 3.06. The van der Waals surface area contributed by atoms with Gasteiger partial charge in [0.05, 0.1) is 0 Å². The van der Waals surface area contributed by atoms with Gasteiger partial charge in [-0.3, -0.25) is 19.1 Å². The second-order valence-electron chi connectivity index (χ2n) is 7.69. The maximum atomic E-state index is 13.5. The molecule has 2 aliphatic heterocycles. The third kappa shape index (κ3) is 2.46. The van der Waals surface area contributed by atoms with Crippen LogP contribution in [-0.2, 0) is 22.1 Å². The Kier molecular flexibility index (Phi) is 4.13. The molecule has 0 aliphatic carbocycles. The van der Waals surface area contributed by atoms with E-state index in [1.54, 1.807) is 0 Å². The van der Waals surface area contributed by atoms with Crippen LogP contribution >= 0.6 is 0 Å². The molecule has 2 unspecified atom stereocenters. The number of Topliss-reactive ketones (excluding diaryl/α,β-unsaturated/α-hetero) is 3. The molecule has 8 heteroatoms. The van der Waals surface area contributed by atoms with E-state index in [1.165, 1.54) is 66.7 Å². The fourth-order valence-electron chi connectivity index (χ4n) is 4.27. The molecule has 0 radical (unpaired) electrons. The number of rotatable bonds is 0. The van der Waals surface area contributed by atoms with Crippen LogP contribution in [0.15, 0.2) is 72.8 Å². The summed E-state index contributed by atoms with van der Waals surface area (Å²) in [4.78, 5) is 40.2. The summed E-state index contributed by atoms with van der Waals surface area (Å²) in [7, 11) is 0. The Morgan fingerprint density at radius 2 is 0.875 bits per heavy atom. The van der Waals surface area contributed by atoms with Crippen LogP contribution in [0.2, 0.25) is 0 Å². The molecule has 3 aromatic carbocycles. The van der Waals surface area contributed by atoms with Gasteiger partial charge >= 0.3 is 0 Å².